The Balaban J connectivity index is 1.42. The molecule has 3 heterocycles. The van der Waals surface area contributed by atoms with E-state index in [9.17, 15) is 9.59 Å². The number of nitrogens with one attached hydrogen (secondary N) is 1. The van der Waals surface area contributed by atoms with Crippen LogP contribution in [0.2, 0.25) is 0 Å². The van der Waals surface area contributed by atoms with E-state index in [1.165, 1.54) is 12.0 Å². The summed E-state index contributed by atoms with van der Waals surface area (Å²) in [5.74, 6) is 0.987. The minimum absolute atomic E-state index is 0.0192. The van der Waals surface area contributed by atoms with E-state index in [1.54, 1.807) is 11.3 Å². The second-order valence-electron chi connectivity index (χ2n) is 10.5. The standard InChI is InChI=1S/C28H35N3O2S/c1-19-9-7-13-22(20(19)2)29-27(33)28(3)18-30-23-14-16-34-25(23)17-24(30)26(32)31(28)15-8-12-21-10-5-4-6-11-21/h4-6,10-11,14,16-17,19-20,22H,7-9,12-13,15,18H2,1-3H3,(H,29,33)/t19-,20+,22+,28+/m1/s1. The zero-order valence-electron chi connectivity index (χ0n) is 20.4. The maximum Gasteiger partial charge on any atom is 0.271 e. The van der Waals surface area contributed by atoms with Crippen molar-refractivity contribution in [1.29, 1.82) is 0 Å². The van der Waals surface area contributed by atoms with Crippen molar-refractivity contribution in [3.05, 3.63) is 59.1 Å². The molecule has 1 saturated carbocycles. The van der Waals surface area contributed by atoms with Crippen molar-refractivity contribution in [3.8, 4) is 0 Å². The molecule has 5 nitrogen and oxygen atoms in total. The molecule has 0 saturated heterocycles. The van der Waals surface area contributed by atoms with Crippen LogP contribution in [0.25, 0.3) is 10.2 Å². The van der Waals surface area contributed by atoms with Crippen LogP contribution in [0.5, 0.6) is 0 Å². The van der Waals surface area contributed by atoms with Gasteiger partial charge in [-0.3, -0.25) is 9.59 Å². The van der Waals surface area contributed by atoms with Crippen LogP contribution in [0.15, 0.2) is 47.8 Å². The zero-order chi connectivity index (χ0) is 23.9. The van der Waals surface area contributed by atoms with Gasteiger partial charge in [-0.25, -0.2) is 0 Å². The van der Waals surface area contributed by atoms with Crippen molar-refractivity contribution in [2.45, 2.75) is 71.0 Å². The molecular weight excluding hydrogens is 442 g/mol. The van der Waals surface area contributed by atoms with Crippen LogP contribution in [0.4, 0.5) is 0 Å². The van der Waals surface area contributed by atoms with Crippen LogP contribution < -0.4 is 5.32 Å². The second-order valence-corrected chi connectivity index (χ2v) is 11.4. The van der Waals surface area contributed by atoms with Crippen LogP contribution in [0, 0.1) is 11.8 Å². The lowest BCUT2D eigenvalue weighted by atomic mass is 9.77. The van der Waals surface area contributed by atoms with Crippen LogP contribution in [0.3, 0.4) is 0 Å². The van der Waals surface area contributed by atoms with Crippen LogP contribution >= 0.6 is 11.3 Å². The van der Waals surface area contributed by atoms with Gasteiger partial charge in [0, 0.05) is 12.6 Å². The molecule has 0 radical (unpaired) electrons. The number of benzene rings is 1. The van der Waals surface area contributed by atoms with E-state index < -0.39 is 5.54 Å². The molecule has 6 heteroatoms. The molecule has 3 aromatic rings. The highest BCUT2D eigenvalue weighted by Gasteiger charge is 2.48. The Bertz CT molecular complexity index is 1180. The molecule has 1 aromatic carbocycles. The van der Waals surface area contributed by atoms with Crippen molar-refractivity contribution in [1.82, 2.24) is 14.8 Å². The molecule has 0 unspecified atom stereocenters. The number of carbonyl (C=O) groups excluding carboxylic acids is 2. The largest absolute Gasteiger partial charge is 0.351 e. The fraction of sp³-hybridized carbons (Fsp3) is 0.500. The van der Waals surface area contributed by atoms with E-state index >= 15 is 0 Å². The lowest BCUT2D eigenvalue weighted by Crippen LogP contribution is -2.65. The average Bonchev–Trinajstić information content (AvgIpc) is 3.42. The van der Waals surface area contributed by atoms with Gasteiger partial charge in [0.25, 0.3) is 5.91 Å². The number of hydrogen-bond donors (Lipinski definition) is 1. The van der Waals surface area contributed by atoms with Crippen LogP contribution in [-0.2, 0) is 17.8 Å². The lowest BCUT2D eigenvalue weighted by molar-refractivity contribution is -0.134. The summed E-state index contributed by atoms with van der Waals surface area (Å²) in [6.45, 7) is 7.54. The van der Waals surface area contributed by atoms with Gasteiger partial charge in [-0.15, -0.1) is 11.3 Å². The highest BCUT2D eigenvalue weighted by atomic mass is 32.1. The molecule has 4 atom stereocenters. The summed E-state index contributed by atoms with van der Waals surface area (Å²) in [5.41, 5.74) is 2.09. The van der Waals surface area contributed by atoms with Crippen LogP contribution in [0.1, 0.15) is 62.5 Å². The average molecular weight is 478 g/mol. The first kappa shape index (κ1) is 23.2. The number of nitrogens with zero attached hydrogens (tertiary/aromatic N) is 2. The number of fused-ring (bicyclic) bond motifs is 3. The van der Waals surface area contributed by atoms with Gasteiger partial charge in [0.15, 0.2) is 0 Å². The van der Waals surface area contributed by atoms with E-state index in [0.29, 0.717) is 30.6 Å². The molecule has 34 heavy (non-hydrogen) atoms. The molecule has 5 rings (SSSR count). The number of aryl methyl sites for hydroxylation is 1. The molecule has 1 fully saturated rings. The third kappa shape index (κ3) is 4.06. The van der Waals surface area contributed by atoms with E-state index in [0.717, 1.165) is 35.9 Å². The molecule has 1 N–H and O–H groups in total. The summed E-state index contributed by atoms with van der Waals surface area (Å²) >= 11 is 1.64. The molecule has 2 amide bonds. The third-order valence-corrected chi connectivity index (χ3v) is 9.10. The Morgan fingerprint density at radius 2 is 1.97 bits per heavy atom. The maximum atomic E-state index is 13.9. The van der Waals surface area contributed by atoms with Crippen molar-refractivity contribution in [2.75, 3.05) is 6.54 Å². The quantitative estimate of drug-likeness (QED) is 0.510. The molecular formula is C28H35N3O2S. The fourth-order valence-electron chi connectivity index (χ4n) is 5.82. The van der Waals surface area contributed by atoms with Gasteiger partial charge in [-0.2, -0.15) is 0 Å². The number of thiophene rings is 1. The summed E-state index contributed by atoms with van der Waals surface area (Å²) in [7, 11) is 0. The molecule has 1 aliphatic heterocycles. The predicted molar refractivity (Wildman–Crippen MR) is 138 cm³/mol. The van der Waals surface area contributed by atoms with Crippen molar-refractivity contribution in [3.63, 3.8) is 0 Å². The minimum atomic E-state index is -0.922. The van der Waals surface area contributed by atoms with Gasteiger partial charge in [-0.05, 0) is 61.1 Å². The first-order chi connectivity index (χ1) is 16.4. The number of hydrogen-bond acceptors (Lipinski definition) is 3. The fourth-order valence-corrected chi connectivity index (χ4v) is 6.64. The number of aromatic nitrogens is 1. The Morgan fingerprint density at radius 1 is 1.18 bits per heavy atom. The lowest BCUT2D eigenvalue weighted by Gasteiger charge is -2.45. The summed E-state index contributed by atoms with van der Waals surface area (Å²) in [6.07, 6.45) is 5.08. The monoisotopic (exact) mass is 477 g/mol. The summed E-state index contributed by atoms with van der Waals surface area (Å²) in [4.78, 5) is 29.6. The smallest absolute Gasteiger partial charge is 0.271 e. The van der Waals surface area contributed by atoms with Gasteiger partial charge in [0.1, 0.15) is 11.2 Å². The normalized spacial score (nSPS) is 27.1. The summed E-state index contributed by atoms with van der Waals surface area (Å²) in [6, 6.07) is 14.6. The molecule has 180 valence electrons. The van der Waals surface area contributed by atoms with Gasteiger partial charge in [0.2, 0.25) is 5.91 Å². The van der Waals surface area contributed by atoms with E-state index in [1.807, 2.05) is 36.1 Å². The highest BCUT2D eigenvalue weighted by Crippen LogP contribution is 2.36. The second kappa shape index (κ2) is 9.21. The first-order valence-electron chi connectivity index (χ1n) is 12.6. The Hall–Kier alpha value is -2.60. The first-order valence-corrected chi connectivity index (χ1v) is 13.5. The van der Waals surface area contributed by atoms with Crippen molar-refractivity contribution < 1.29 is 9.59 Å². The Morgan fingerprint density at radius 3 is 2.76 bits per heavy atom. The number of carbonyl (C=O) groups is 2. The Kier molecular flexibility index (Phi) is 6.28. The molecule has 0 bridgehead atoms. The molecule has 1 aliphatic carbocycles. The molecule has 2 aromatic heterocycles. The van der Waals surface area contributed by atoms with Crippen molar-refractivity contribution >= 4 is 33.4 Å². The number of rotatable bonds is 6. The highest BCUT2D eigenvalue weighted by molar-refractivity contribution is 7.17. The van der Waals surface area contributed by atoms with Crippen LogP contribution in [-0.4, -0.2) is 39.4 Å². The van der Waals surface area contributed by atoms with Crippen molar-refractivity contribution in [2.24, 2.45) is 11.8 Å². The van der Waals surface area contributed by atoms with E-state index in [-0.39, 0.29) is 17.9 Å². The predicted octanol–water partition coefficient (Wildman–Crippen LogP) is 5.49. The molecule has 0 spiro atoms. The van der Waals surface area contributed by atoms with E-state index in [2.05, 4.69) is 47.3 Å². The third-order valence-electron chi connectivity index (χ3n) is 8.25. The summed E-state index contributed by atoms with van der Waals surface area (Å²) < 4.78 is 3.17. The SMILES string of the molecule is C[C@H]1[C@H](C)CCC[C@@H]1NC(=O)[C@]1(C)Cn2c(cc3sccc32)C(=O)N1CCCc1ccccc1. The minimum Gasteiger partial charge on any atom is -0.351 e. The topological polar surface area (TPSA) is 54.3 Å². The van der Waals surface area contributed by atoms with Gasteiger partial charge >= 0.3 is 0 Å². The van der Waals surface area contributed by atoms with Gasteiger partial charge in [-0.1, -0.05) is 57.0 Å². The van der Waals surface area contributed by atoms with Gasteiger partial charge < -0.3 is 14.8 Å². The number of amides is 2. The molecule has 2 aliphatic rings. The maximum absolute atomic E-state index is 13.9. The Labute approximate surface area is 206 Å². The van der Waals surface area contributed by atoms with Gasteiger partial charge in [0.05, 0.1) is 16.8 Å². The van der Waals surface area contributed by atoms with E-state index in [4.69, 9.17) is 0 Å². The zero-order valence-corrected chi connectivity index (χ0v) is 21.2. The summed E-state index contributed by atoms with van der Waals surface area (Å²) in [5, 5.41) is 5.44.